The fourth-order valence-electron chi connectivity index (χ4n) is 1.61. The second-order valence-electron chi connectivity index (χ2n) is 3.98. The fraction of sp³-hybridized carbons (Fsp3) is 0. The molecule has 0 saturated heterocycles. The molecule has 0 unspecified atom stereocenters. The number of nitro benzene ring substituents is 1. The van der Waals surface area contributed by atoms with Crippen LogP contribution < -0.4 is 5.32 Å². The number of amides is 1. The minimum absolute atomic E-state index is 0.0742. The molecule has 5 nitrogen and oxygen atoms in total. The Morgan fingerprint density at radius 3 is 2.57 bits per heavy atom. The van der Waals surface area contributed by atoms with Crippen molar-refractivity contribution in [1.29, 1.82) is 0 Å². The van der Waals surface area contributed by atoms with E-state index in [2.05, 4.69) is 37.2 Å². The summed E-state index contributed by atoms with van der Waals surface area (Å²) < 4.78 is 13.7. The number of rotatable bonds is 3. The van der Waals surface area contributed by atoms with Gasteiger partial charge in [0.2, 0.25) is 0 Å². The summed E-state index contributed by atoms with van der Waals surface area (Å²) in [6.45, 7) is 0. The van der Waals surface area contributed by atoms with E-state index >= 15 is 0 Å². The van der Waals surface area contributed by atoms with Crippen LogP contribution in [0.5, 0.6) is 0 Å². The third-order valence-electron chi connectivity index (χ3n) is 2.60. The van der Waals surface area contributed by atoms with E-state index in [1.165, 1.54) is 30.3 Å². The van der Waals surface area contributed by atoms with Gasteiger partial charge in [0.1, 0.15) is 10.3 Å². The Labute approximate surface area is 135 Å². The highest BCUT2D eigenvalue weighted by molar-refractivity contribution is 9.11. The van der Waals surface area contributed by atoms with Crippen molar-refractivity contribution < 1.29 is 14.1 Å². The van der Waals surface area contributed by atoms with E-state index in [-0.39, 0.29) is 25.9 Å². The van der Waals surface area contributed by atoms with Gasteiger partial charge in [-0.1, -0.05) is 6.07 Å². The molecular formula is C13H7Br2FN2O3. The first-order chi connectivity index (χ1) is 9.90. The third-order valence-corrected chi connectivity index (χ3v) is 4.07. The molecule has 108 valence electrons. The number of carbonyl (C=O) groups is 1. The van der Waals surface area contributed by atoms with Gasteiger partial charge in [-0.3, -0.25) is 14.9 Å². The molecule has 2 rings (SSSR count). The van der Waals surface area contributed by atoms with Gasteiger partial charge in [-0.05, 0) is 56.1 Å². The van der Waals surface area contributed by atoms with E-state index in [4.69, 9.17) is 0 Å². The summed E-state index contributed by atoms with van der Waals surface area (Å²) >= 11 is 6.05. The first-order valence-corrected chi connectivity index (χ1v) is 7.18. The summed E-state index contributed by atoms with van der Waals surface area (Å²) in [5, 5.41) is 13.3. The molecule has 0 aromatic heterocycles. The van der Waals surface area contributed by atoms with Gasteiger partial charge in [-0.15, -0.1) is 0 Å². The topological polar surface area (TPSA) is 72.2 Å². The number of nitrogens with one attached hydrogen (secondary N) is 1. The van der Waals surface area contributed by atoms with Crippen LogP contribution in [0.15, 0.2) is 45.3 Å². The minimum atomic E-state index is -0.597. The summed E-state index contributed by atoms with van der Waals surface area (Å²) in [4.78, 5) is 22.3. The van der Waals surface area contributed by atoms with Crippen LogP contribution in [-0.4, -0.2) is 10.8 Å². The maximum atomic E-state index is 13.4. The van der Waals surface area contributed by atoms with Crippen LogP contribution in [0.1, 0.15) is 10.4 Å². The lowest BCUT2D eigenvalue weighted by Crippen LogP contribution is -2.13. The van der Waals surface area contributed by atoms with E-state index in [0.717, 1.165) is 6.07 Å². The molecule has 2 aromatic carbocycles. The molecule has 0 spiro atoms. The van der Waals surface area contributed by atoms with Gasteiger partial charge in [0, 0.05) is 11.8 Å². The lowest BCUT2D eigenvalue weighted by atomic mass is 10.2. The number of nitro groups is 1. The molecular weight excluding hydrogens is 411 g/mol. The molecule has 0 atom stereocenters. The molecule has 2 aromatic rings. The van der Waals surface area contributed by atoms with Crippen LogP contribution in [0.25, 0.3) is 0 Å². The van der Waals surface area contributed by atoms with Crippen molar-refractivity contribution in [2.45, 2.75) is 0 Å². The summed E-state index contributed by atoms with van der Waals surface area (Å²) in [5.41, 5.74) is 0.122. The monoisotopic (exact) mass is 416 g/mol. The quantitative estimate of drug-likeness (QED) is 0.589. The summed E-state index contributed by atoms with van der Waals surface area (Å²) in [7, 11) is 0. The second-order valence-corrected chi connectivity index (χ2v) is 5.63. The maximum Gasteiger partial charge on any atom is 0.284 e. The normalized spacial score (nSPS) is 10.2. The highest BCUT2D eigenvalue weighted by atomic mass is 79.9. The van der Waals surface area contributed by atoms with Gasteiger partial charge in [-0.25, -0.2) is 4.39 Å². The lowest BCUT2D eigenvalue weighted by molar-refractivity contribution is -0.385. The van der Waals surface area contributed by atoms with E-state index in [1.54, 1.807) is 0 Å². The highest BCUT2D eigenvalue weighted by Gasteiger charge is 2.19. The molecule has 0 radical (unpaired) electrons. The van der Waals surface area contributed by atoms with E-state index in [1.807, 2.05) is 0 Å². The Hall–Kier alpha value is -1.80. The molecule has 0 aliphatic heterocycles. The van der Waals surface area contributed by atoms with Crippen molar-refractivity contribution in [3.63, 3.8) is 0 Å². The van der Waals surface area contributed by atoms with Crippen molar-refractivity contribution in [3.8, 4) is 0 Å². The molecule has 0 aliphatic rings. The van der Waals surface area contributed by atoms with Crippen LogP contribution in [0.2, 0.25) is 0 Å². The average molecular weight is 418 g/mol. The van der Waals surface area contributed by atoms with Gasteiger partial charge in [0.15, 0.2) is 0 Å². The van der Waals surface area contributed by atoms with Gasteiger partial charge >= 0.3 is 0 Å². The number of hydrogen-bond donors (Lipinski definition) is 1. The van der Waals surface area contributed by atoms with Crippen molar-refractivity contribution >= 4 is 49.1 Å². The first-order valence-electron chi connectivity index (χ1n) is 5.59. The van der Waals surface area contributed by atoms with Gasteiger partial charge in [0.25, 0.3) is 11.6 Å². The zero-order valence-corrected chi connectivity index (χ0v) is 13.4. The van der Waals surface area contributed by atoms with E-state index in [9.17, 15) is 19.3 Å². The number of halogens is 3. The largest absolute Gasteiger partial charge is 0.322 e. The molecule has 8 heteroatoms. The van der Waals surface area contributed by atoms with Crippen LogP contribution in [0.3, 0.4) is 0 Å². The van der Waals surface area contributed by atoms with Crippen LogP contribution in [0.4, 0.5) is 15.8 Å². The number of anilines is 1. The molecule has 0 fully saturated rings. The predicted octanol–water partition coefficient (Wildman–Crippen LogP) is 4.51. The Bertz CT molecular complexity index is 737. The standard InChI is InChI=1S/C13H7Br2FN2O3/c14-9-5-4-7(6-10(9)16)17-13(19)8-2-1-3-11(12(8)15)18(20)21/h1-6H,(H,17,19). The van der Waals surface area contributed by atoms with Crippen molar-refractivity contribution in [3.05, 3.63) is 66.8 Å². The smallest absolute Gasteiger partial charge is 0.284 e. The van der Waals surface area contributed by atoms with E-state index in [0.29, 0.717) is 0 Å². The van der Waals surface area contributed by atoms with Crippen molar-refractivity contribution in [1.82, 2.24) is 0 Å². The Morgan fingerprint density at radius 2 is 1.95 bits per heavy atom. The zero-order valence-electron chi connectivity index (χ0n) is 10.3. The molecule has 1 amide bonds. The number of carbonyl (C=O) groups excluding carboxylic acids is 1. The van der Waals surface area contributed by atoms with Crippen LogP contribution in [-0.2, 0) is 0 Å². The summed E-state index contributed by atoms with van der Waals surface area (Å²) in [6, 6.07) is 8.22. The van der Waals surface area contributed by atoms with Crippen molar-refractivity contribution in [2.75, 3.05) is 5.32 Å². The fourth-order valence-corrected chi connectivity index (χ4v) is 2.44. The molecule has 0 heterocycles. The molecule has 0 saturated carbocycles. The van der Waals surface area contributed by atoms with Crippen LogP contribution in [0, 0.1) is 15.9 Å². The average Bonchev–Trinajstić information content (AvgIpc) is 2.42. The lowest BCUT2D eigenvalue weighted by Gasteiger charge is -2.07. The van der Waals surface area contributed by atoms with Gasteiger partial charge in [0.05, 0.1) is 15.0 Å². The summed E-state index contributed by atoms with van der Waals surface area (Å²) in [6.07, 6.45) is 0. The van der Waals surface area contributed by atoms with Crippen LogP contribution >= 0.6 is 31.9 Å². The number of nitrogens with zero attached hydrogens (tertiary/aromatic N) is 1. The zero-order chi connectivity index (χ0) is 15.6. The second kappa shape index (κ2) is 6.31. The Morgan fingerprint density at radius 1 is 1.24 bits per heavy atom. The number of benzene rings is 2. The first kappa shape index (κ1) is 15.6. The molecule has 0 bridgehead atoms. The molecule has 1 N–H and O–H groups in total. The van der Waals surface area contributed by atoms with Gasteiger partial charge in [-0.2, -0.15) is 0 Å². The van der Waals surface area contributed by atoms with Gasteiger partial charge < -0.3 is 5.32 Å². The van der Waals surface area contributed by atoms with Crippen molar-refractivity contribution in [2.24, 2.45) is 0 Å². The maximum absolute atomic E-state index is 13.4. The molecule has 0 aliphatic carbocycles. The summed E-state index contributed by atoms with van der Waals surface area (Å²) in [5.74, 6) is -1.10. The minimum Gasteiger partial charge on any atom is -0.322 e. The van der Waals surface area contributed by atoms with E-state index < -0.39 is 16.6 Å². The number of hydrogen-bond acceptors (Lipinski definition) is 3. The SMILES string of the molecule is O=C(Nc1ccc(Br)c(F)c1)c1cccc([N+](=O)[O-])c1Br. The Balaban J connectivity index is 2.30. The predicted molar refractivity (Wildman–Crippen MR) is 82.8 cm³/mol. The molecule has 21 heavy (non-hydrogen) atoms. The third kappa shape index (κ3) is 3.45. The highest BCUT2D eigenvalue weighted by Crippen LogP contribution is 2.29. The Kier molecular flexibility index (Phi) is 4.69.